The van der Waals surface area contributed by atoms with Gasteiger partial charge in [-0.3, -0.25) is 0 Å². The van der Waals surface area contributed by atoms with Gasteiger partial charge in [0.1, 0.15) is 5.75 Å². The summed E-state index contributed by atoms with van der Waals surface area (Å²) in [6, 6.07) is 5.62. The molecule has 0 atom stereocenters. The first-order valence-electron chi connectivity index (χ1n) is 6.40. The summed E-state index contributed by atoms with van der Waals surface area (Å²) >= 11 is 0. The number of nitrogens with one attached hydrogen (secondary N) is 1. The highest BCUT2D eigenvalue weighted by molar-refractivity contribution is 5.36. The first-order valence-corrected chi connectivity index (χ1v) is 6.40. The Labute approximate surface area is 106 Å². The standard InChI is InChI=1S/C14H19F2NO/c1-10-2-3-12(9-13(10)18-14(15)16)8-11-4-6-17-7-5-11/h2-3,9,11,14,17H,4-8H2,1H3. The smallest absolute Gasteiger partial charge is 0.387 e. The van der Waals surface area contributed by atoms with Crippen molar-refractivity contribution in [3.8, 4) is 5.75 Å². The molecule has 100 valence electrons. The van der Waals surface area contributed by atoms with Crippen LogP contribution in [0.2, 0.25) is 0 Å². The van der Waals surface area contributed by atoms with E-state index in [4.69, 9.17) is 0 Å². The Kier molecular flexibility index (Phi) is 4.53. The third kappa shape index (κ3) is 3.67. The van der Waals surface area contributed by atoms with E-state index in [0.29, 0.717) is 11.7 Å². The summed E-state index contributed by atoms with van der Waals surface area (Å²) in [5.41, 5.74) is 1.84. The van der Waals surface area contributed by atoms with Crippen molar-refractivity contribution in [1.82, 2.24) is 5.32 Å². The fourth-order valence-corrected chi connectivity index (χ4v) is 2.41. The zero-order valence-electron chi connectivity index (χ0n) is 10.6. The monoisotopic (exact) mass is 255 g/mol. The molecule has 18 heavy (non-hydrogen) atoms. The third-order valence-electron chi connectivity index (χ3n) is 3.45. The van der Waals surface area contributed by atoms with Crippen molar-refractivity contribution in [2.24, 2.45) is 5.92 Å². The van der Waals surface area contributed by atoms with Gasteiger partial charge in [-0.2, -0.15) is 8.78 Å². The Morgan fingerprint density at radius 3 is 2.72 bits per heavy atom. The Bertz CT molecular complexity index is 389. The molecule has 0 unspecified atom stereocenters. The van der Waals surface area contributed by atoms with E-state index in [1.165, 1.54) is 0 Å². The second-order valence-electron chi connectivity index (χ2n) is 4.88. The van der Waals surface area contributed by atoms with E-state index < -0.39 is 6.61 Å². The van der Waals surface area contributed by atoms with Crippen LogP contribution in [0.4, 0.5) is 8.78 Å². The quantitative estimate of drug-likeness (QED) is 0.892. The van der Waals surface area contributed by atoms with Crippen LogP contribution in [0.5, 0.6) is 5.75 Å². The van der Waals surface area contributed by atoms with Crippen molar-refractivity contribution >= 4 is 0 Å². The Balaban J connectivity index is 2.03. The molecule has 1 N–H and O–H groups in total. The SMILES string of the molecule is Cc1ccc(CC2CCNCC2)cc1OC(F)F. The molecule has 0 bridgehead atoms. The summed E-state index contributed by atoms with van der Waals surface area (Å²) in [5, 5.41) is 3.32. The number of piperidine rings is 1. The number of alkyl halides is 2. The fraction of sp³-hybridized carbons (Fsp3) is 0.571. The summed E-state index contributed by atoms with van der Waals surface area (Å²) in [6.07, 6.45) is 3.25. The summed E-state index contributed by atoms with van der Waals surface area (Å²) in [6.45, 7) is 1.14. The maximum Gasteiger partial charge on any atom is 0.387 e. The van der Waals surface area contributed by atoms with Gasteiger partial charge in [-0.1, -0.05) is 12.1 Å². The predicted molar refractivity (Wildman–Crippen MR) is 67.1 cm³/mol. The number of ether oxygens (including phenoxy) is 1. The van der Waals surface area contributed by atoms with E-state index in [0.717, 1.165) is 43.5 Å². The molecule has 0 amide bonds. The number of rotatable bonds is 4. The van der Waals surface area contributed by atoms with Crippen molar-refractivity contribution in [3.05, 3.63) is 29.3 Å². The van der Waals surface area contributed by atoms with Crippen LogP contribution >= 0.6 is 0 Å². The molecule has 0 aromatic heterocycles. The molecular weight excluding hydrogens is 236 g/mol. The second kappa shape index (κ2) is 6.14. The van der Waals surface area contributed by atoms with Crippen molar-refractivity contribution in [1.29, 1.82) is 0 Å². The normalized spacial score (nSPS) is 17.1. The topological polar surface area (TPSA) is 21.3 Å². The van der Waals surface area contributed by atoms with Crippen molar-refractivity contribution < 1.29 is 13.5 Å². The third-order valence-corrected chi connectivity index (χ3v) is 3.45. The van der Waals surface area contributed by atoms with Crippen LogP contribution in [-0.4, -0.2) is 19.7 Å². The molecule has 1 aliphatic rings. The van der Waals surface area contributed by atoms with Gasteiger partial charge >= 0.3 is 6.61 Å². The fourth-order valence-electron chi connectivity index (χ4n) is 2.41. The summed E-state index contributed by atoms with van der Waals surface area (Å²) in [4.78, 5) is 0. The molecule has 1 fully saturated rings. The van der Waals surface area contributed by atoms with E-state index in [-0.39, 0.29) is 0 Å². The van der Waals surface area contributed by atoms with Gasteiger partial charge < -0.3 is 10.1 Å². The number of aryl methyl sites for hydroxylation is 1. The van der Waals surface area contributed by atoms with Gasteiger partial charge in [-0.15, -0.1) is 0 Å². The van der Waals surface area contributed by atoms with Crippen LogP contribution < -0.4 is 10.1 Å². The molecule has 1 aromatic rings. The van der Waals surface area contributed by atoms with Crippen LogP contribution in [0.25, 0.3) is 0 Å². The first-order chi connectivity index (χ1) is 8.65. The minimum atomic E-state index is -2.75. The van der Waals surface area contributed by atoms with Gasteiger partial charge in [0, 0.05) is 0 Å². The van der Waals surface area contributed by atoms with Crippen LogP contribution in [0.3, 0.4) is 0 Å². The minimum Gasteiger partial charge on any atom is -0.435 e. The highest BCUT2D eigenvalue weighted by Gasteiger charge is 2.15. The molecule has 2 nitrogen and oxygen atoms in total. The molecule has 0 aliphatic carbocycles. The van der Waals surface area contributed by atoms with Gasteiger partial charge in [0.05, 0.1) is 0 Å². The molecule has 1 aromatic carbocycles. The molecule has 0 spiro atoms. The van der Waals surface area contributed by atoms with E-state index in [2.05, 4.69) is 10.1 Å². The van der Waals surface area contributed by atoms with Crippen LogP contribution in [0, 0.1) is 12.8 Å². The van der Waals surface area contributed by atoms with Gasteiger partial charge in [-0.05, 0) is 62.4 Å². The van der Waals surface area contributed by atoms with Crippen molar-refractivity contribution in [2.45, 2.75) is 32.8 Å². The van der Waals surface area contributed by atoms with Gasteiger partial charge in [0.25, 0.3) is 0 Å². The summed E-state index contributed by atoms with van der Waals surface area (Å²) < 4.78 is 29.0. The van der Waals surface area contributed by atoms with E-state index >= 15 is 0 Å². The maximum absolute atomic E-state index is 12.3. The summed E-state index contributed by atoms with van der Waals surface area (Å²) in [7, 11) is 0. The second-order valence-corrected chi connectivity index (χ2v) is 4.88. The number of benzene rings is 1. The molecule has 0 radical (unpaired) electrons. The van der Waals surface area contributed by atoms with Gasteiger partial charge in [0.2, 0.25) is 0 Å². The number of hydrogen-bond donors (Lipinski definition) is 1. The summed E-state index contributed by atoms with van der Waals surface area (Å²) in [5.74, 6) is 0.949. The molecule has 1 aliphatic heterocycles. The lowest BCUT2D eigenvalue weighted by molar-refractivity contribution is -0.0503. The van der Waals surface area contributed by atoms with Crippen molar-refractivity contribution in [2.75, 3.05) is 13.1 Å². The van der Waals surface area contributed by atoms with E-state index in [9.17, 15) is 8.78 Å². The first kappa shape index (κ1) is 13.3. The van der Waals surface area contributed by atoms with Crippen molar-refractivity contribution in [3.63, 3.8) is 0 Å². The van der Waals surface area contributed by atoms with Crippen LogP contribution in [-0.2, 0) is 6.42 Å². The number of halogens is 2. The minimum absolute atomic E-state index is 0.302. The lowest BCUT2D eigenvalue weighted by Gasteiger charge is -2.22. The van der Waals surface area contributed by atoms with Gasteiger partial charge in [-0.25, -0.2) is 0 Å². The molecule has 4 heteroatoms. The molecular formula is C14H19F2NO. The lowest BCUT2D eigenvalue weighted by Crippen LogP contribution is -2.28. The highest BCUT2D eigenvalue weighted by atomic mass is 19.3. The Morgan fingerprint density at radius 1 is 1.33 bits per heavy atom. The molecule has 0 saturated carbocycles. The van der Waals surface area contributed by atoms with E-state index in [1.54, 1.807) is 13.0 Å². The maximum atomic E-state index is 12.3. The van der Waals surface area contributed by atoms with Gasteiger partial charge in [0.15, 0.2) is 0 Å². The predicted octanol–water partition coefficient (Wildman–Crippen LogP) is 3.14. The Hall–Kier alpha value is -1.16. The molecule has 2 rings (SSSR count). The average molecular weight is 255 g/mol. The molecule has 1 heterocycles. The highest BCUT2D eigenvalue weighted by Crippen LogP contribution is 2.25. The van der Waals surface area contributed by atoms with E-state index in [1.807, 2.05) is 12.1 Å². The van der Waals surface area contributed by atoms with Crippen LogP contribution in [0.1, 0.15) is 24.0 Å². The molecule has 1 saturated heterocycles. The Morgan fingerprint density at radius 2 is 2.06 bits per heavy atom. The van der Waals surface area contributed by atoms with Crippen LogP contribution in [0.15, 0.2) is 18.2 Å². The largest absolute Gasteiger partial charge is 0.435 e. The zero-order chi connectivity index (χ0) is 13.0. The number of hydrogen-bond acceptors (Lipinski definition) is 2. The zero-order valence-corrected chi connectivity index (χ0v) is 10.6. The average Bonchev–Trinajstić information content (AvgIpc) is 2.34. The lowest BCUT2D eigenvalue weighted by atomic mass is 9.90.